The van der Waals surface area contributed by atoms with Crippen molar-refractivity contribution in [3.63, 3.8) is 0 Å². The van der Waals surface area contributed by atoms with Gasteiger partial charge in [-0.1, -0.05) is 29.8 Å². The second-order valence-corrected chi connectivity index (χ2v) is 7.62. The Kier molecular flexibility index (Phi) is 5.84. The molecule has 0 radical (unpaired) electrons. The van der Waals surface area contributed by atoms with Crippen molar-refractivity contribution in [1.82, 2.24) is 19.4 Å². The zero-order valence-corrected chi connectivity index (χ0v) is 17.4. The molecule has 0 aliphatic rings. The SMILES string of the molecule is Nc1cnc(-c2ccn3c(-c4cccc(CC(=O)CCC(F)(F)F)c4)cnc3c2)nc1Cl. The minimum Gasteiger partial charge on any atom is -0.395 e. The van der Waals surface area contributed by atoms with Crippen LogP contribution in [0, 0.1) is 0 Å². The first kappa shape index (κ1) is 21.8. The van der Waals surface area contributed by atoms with Gasteiger partial charge in [-0.3, -0.25) is 9.20 Å². The van der Waals surface area contributed by atoms with E-state index in [4.69, 9.17) is 17.3 Å². The number of Topliss-reactive ketones (excluding diaryl/α,β-unsaturated/α-hetero) is 1. The minimum atomic E-state index is -4.34. The van der Waals surface area contributed by atoms with E-state index in [9.17, 15) is 18.0 Å². The summed E-state index contributed by atoms with van der Waals surface area (Å²) in [6.45, 7) is 0. The maximum absolute atomic E-state index is 12.3. The zero-order chi connectivity index (χ0) is 22.9. The number of nitrogens with two attached hydrogens (primary N) is 1. The van der Waals surface area contributed by atoms with E-state index in [1.165, 1.54) is 6.20 Å². The largest absolute Gasteiger partial charge is 0.395 e. The van der Waals surface area contributed by atoms with Gasteiger partial charge in [0, 0.05) is 30.2 Å². The lowest BCUT2D eigenvalue weighted by Crippen LogP contribution is -2.12. The summed E-state index contributed by atoms with van der Waals surface area (Å²) >= 11 is 5.98. The lowest BCUT2D eigenvalue weighted by molar-refractivity contribution is -0.143. The van der Waals surface area contributed by atoms with Crippen LogP contribution in [0.2, 0.25) is 5.15 Å². The first-order chi connectivity index (χ1) is 15.2. The first-order valence-electron chi connectivity index (χ1n) is 9.63. The fourth-order valence-corrected chi connectivity index (χ4v) is 3.41. The highest BCUT2D eigenvalue weighted by atomic mass is 35.5. The predicted molar refractivity (Wildman–Crippen MR) is 115 cm³/mol. The van der Waals surface area contributed by atoms with Gasteiger partial charge in [0.05, 0.1) is 30.2 Å². The van der Waals surface area contributed by atoms with Crippen LogP contribution in [0.1, 0.15) is 18.4 Å². The average Bonchev–Trinajstić information content (AvgIpc) is 3.17. The molecule has 0 unspecified atom stereocenters. The van der Waals surface area contributed by atoms with Crippen LogP contribution in [0.5, 0.6) is 0 Å². The van der Waals surface area contributed by atoms with Crippen LogP contribution in [-0.2, 0) is 11.2 Å². The molecular weight excluding hydrogens is 443 g/mol. The molecule has 32 heavy (non-hydrogen) atoms. The fourth-order valence-electron chi connectivity index (χ4n) is 3.28. The maximum Gasteiger partial charge on any atom is 0.389 e. The lowest BCUT2D eigenvalue weighted by Gasteiger charge is -2.08. The molecule has 0 aliphatic carbocycles. The molecule has 0 fully saturated rings. The van der Waals surface area contributed by atoms with Gasteiger partial charge >= 0.3 is 6.18 Å². The standard InChI is InChI=1S/C22H17ClF3N5O/c23-20-17(27)11-29-21(30-20)15-5-7-31-18(12-28-19(31)10-15)14-3-1-2-13(8-14)9-16(32)4-6-22(24,25)26/h1-3,5,7-8,10-12H,4,6,9,27H2. The molecule has 4 rings (SSSR count). The maximum atomic E-state index is 12.3. The van der Waals surface area contributed by atoms with E-state index in [1.807, 2.05) is 22.7 Å². The summed E-state index contributed by atoms with van der Waals surface area (Å²) in [6, 6.07) is 10.7. The molecule has 0 saturated heterocycles. The van der Waals surface area contributed by atoms with E-state index in [0.717, 1.165) is 11.3 Å². The summed E-state index contributed by atoms with van der Waals surface area (Å²) in [5.74, 6) is -0.0416. The molecular formula is C22H17ClF3N5O. The third kappa shape index (κ3) is 4.88. The van der Waals surface area contributed by atoms with Gasteiger partial charge in [-0.05, 0) is 23.8 Å². The summed E-state index contributed by atoms with van der Waals surface area (Å²) in [4.78, 5) is 24.7. The second kappa shape index (κ2) is 8.58. The predicted octanol–water partition coefficient (Wildman–Crippen LogP) is 5.15. The number of benzene rings is 1. The number of hydrogen-bond acceptors (Lipinski definition) is 5. The summed E-state index contributed by atoms with van der Waals surface area (Å²) in [7, 11) is 0. The fraction of sp³-hybridized carbons (Fsp3) is 0.182. The quantitative estimate of drug-likeness (QED) is 0.403. The third-order valence-electron chi connectivity index (χ3n) is 4.85. The van der Waals surface area contributed by atoms with Crippen LogP contribution in [0.3, 0.4) is 0 Å². The van der Waals surface area contributed by atoms with Crippen LogP contribution >= 0.6 is 11.6 Å². The Morgan fingerprint density at radius 1 is 1.09 bits per heavy atom. The molecule has 164 valence electrons. The average molecular weight is 460 g/mol. The third-order valence-corrected chi connectivity index (χ3v) is 5.15. The van der Waals surface area contributed by atoms with Crippen molar-refractivity contribution in [3.8, 4) is 22.6 Å². The monoisotopic (exact) mass is 459 g/mol. The number of alkyl halides is 3. The molecule has 1 aromatic carbocycles. The second-order valence-electron chi connectivity index (χ2n) is 7.26. The molecule has 0 atom stereocenters. The number of hydrogen-bond donors (Lipinski definition) is 1. The number of ketones is 1. The molecule has 0 spiro atoms. The van der Waals surface area contributed by atoms with Crippen molar-refractivity contribution in [2.24, 2.45) is 0 Å². The molecule has 3 aromatic heterocycles. The molecule has 0 bridgehead atoms. The number of nitrogen functional groups attached to an aromatic ring is 1. The number of aromatic nitrogens is 4. The van der Waals surface area contributed by atoms with Crippen LogP contribution in [-0.4, -0.2) is 31.3 Å². The summed E-state index contributed by atoms with van der Waals surface area (Å²) in [5, 5.41) is 0.167. The summed E-state index contributed by atoms with van der Waals surface area (Å²) in [5.41, 5.74) is 9.50. The highest BCUT2D eigenvalue weighted by Gasteiger charge is 2.27. The number of imidazole rings is 1. The molecule has 0 aliphatic heterocycles. The number of halogens is 4. The van der Waals surface area contributed by atoms with Crippen molar-refractivity contribution in [2.45, 2.75) is 25.4 Å². The van der Waals surface area contributed by atoms with E-state index in [1.54, 1.807) is 30.5 Å². The highest BCUT2D eigenvalue weighted by molar-refractivity contribution is 6.31. The Bertz CT molecular complexity index is 1300. The normalized spacial score (nSPS) is 11.8. The molecule has 0 saturated carbocycles. The molecule has 0 amide bonds. The van der Waals surface area contributed by atoms with Gasteiger partial charge in [0.2, 0.25) is 0 Å². The Morgan fingerprint density at radius 2 is 1.91 bits per heavy atom. The summed E-state index contributed by atoms with van der Waals surface area (Å²) in [6.07, 6.45) is -1.10. The van der Waals surface area contributed by atoms with E-state index in [-0.39, 0.29) is 17.3 Å². The van der Waals surface area contributed by atoms with Crippen LogP contribution in [0.25, 0.3) is 28.3 Å². The Hall–Kier alpha value is -3.46. The van der Waals surface area contributed by atoms with Gasteiger partial charge in [-0.2, -0.15) is 13.2 Å². The van der Waals surface area contributed by atoms with Gasteiger partial charge in [0.25, 0.3) is 0 Å². The molecule has 3 heterocycles. The van der Waals surface area contributed by atoms with Crippen LogP contribution in [0.15, 0.2) is 55.0 Å². The van der Waals surface area contributed by atoms with E-state index >= 15 is 0 Å². The minimum absolute atomic E-state index is 0.0555. The van der Waals surface area contributed by atoms with E-state index < -0.39 is 24.8 Å². The highest BCUT2D eigenvalue weighted by Crippen LogP contribution is 2.26. The van der Waals surface area contributed by atoms with Gasteiger partial charge in [0.15, 0.2) is 11.0 Å². The molecule has 10 heteroatoms. The number of nitrogens with zero attached hydrogens (tertiary/aromatic N) is 4. The first-order valence-corrected chi connectivity index (χ1v) is 10.0. The lowest BCUT2D eigenvalue weighted by atomic mass is 10.0. The number of anilines is 1. The smallest absolute Gasteiger partial charge is 0.389 e. The number of carbonyl (C=O) groups is 1. The summed E-state index contributed by atoms with van der Waals surface area (Å²) < 4.78 is 38.9. The van der Waals surface area contributed by atoms with Crippen LogP contribution < -0.4 is 5.73 Å². The molecule has 2 N–H and O–H groups in total. The van der Waals surface area contributed by atoms with Crippen LogP contribution in [0.4, 0.5) is 18.9 Å². The topological polar surface area (TPSA) is 86.2 Å². The van der Waals surface area contributed by atoms with E-state index in [0.29, 0.717) is 22.6 Å². The van der Waals surface area contributed by atoms with Crippen molar-refractivity contribution in [3.05, 3.63) is 65.7 Å². The molecule has 4 aromatic rings. The number of fused-ring (bicyclic) bond motifs is 1. The van der Waals surface area contributed by atoms with Crippen molar-refractivity contribution < 1.29 is 18.0 Å². The number of pyridine rings is 1. The molecule has 6 nitrogen and oxygen atoms in total. The van der Waals surface area contributed by atoms with Crippen molar-refractivity contribution in [2.75, 3.05) is 5.73 Å². The Labute approximate surface area is 185 Å². The zero-order valence-electron chi connectivity index (χ0n) is 16.6. The number of rotatable bonds is 6. The number of carbonyl (C=O) groups excluding carboxylic acids is 1. The van der Waals surface area contributed by atoms with Gasteiger partial charge in [-0.15, -0.1) is 0 Å². The van der Waals surface area contributed by atoms with Gasteiger partial charge in [-0.25, -0.2) is 15.0 Å². The van der Waals surface area contributed by atoms with Gasteiger partial charge in [0.1, 0.15) is 11.4 Å². The Balaban J connectivity index is 1.58. The van der Waals surface area contributed by atoms with Crippen molar-refractivity contribution in [1.29, 1.82) is 0 Å². The van der Waals surface area contributed by atoms with E-state index in [2.05, 4.69) is 15.0 Å². The van der Waals surface area contributed by atoms with Gasteiger partial charge < -0.3 is 5.73 Å². The van der Waals surface area contributed by atoms with Crippen molar-refractivity contribution >= 4 is 28.7 Å². The Morgan fingerprint density at radius 3 is 2.66 bits per heavy atom.